The predicted octanol–water partition coefficient (Wildman–Crippen LogP) is 6.31. The van der Waals surface area contributed by atoms with Crippen molar-refractivity contribution >= 4 is 56.2 Å². The molecule has 5 aromatic rings. The molecule has 4 heterocycles. The lowest BCUT2D eigenvalue weighted by atomic mass is 10.0. The molecule has 6 rings (SSSR count). The van der Waals surface area contributed by atoms with Gasteiger partial charge in [0.05, 0.1) is 27.6 Å². The molecule has 3 aromatic heterocycles. The summed E-state index contributed by atoms with van der Waals surface area (Å²) >= 11 is 13.7. The van der Waals surface area contributed by atoms with Crippen LogP contribution in [0.5, 0.6) is 0 Å². The van der Waals surface area contributed by atoms with Crippen molar-refractivity contribution in [3.05, 3.63) is 108 Å². The molecule has 1 N–H and O–H groups in total. The molecule has 162 valence electrons. The number of para-hydroxylation sites is 1. The zero-order valence-corrected chi connectivity index (χ0v) is 19.7. The SMILES string of the molecule is S=C1NC(c2ccccn2)C(c2cccn2-c2nc3ccccc3s2)N1c1ccc(Cl)cc1. The van der Waals surface area contributed by atoms with Gasteiger partial charge in [0.15, 0.2) is 10.2 Å². The quantitative estimate of drug-likeness (QED) is 0.301. The van der Waals surface area contributed by atoms with Crippen LogP contribution in [0.2, 0.25) is 5.02 Å². The lowest BCUT2D eigenvalue weighted by Gasteiger charge is -2.28. The minimum atomic E-state index is -0.129. The Morgan fingerprint density at radius 3 is 2.55 bits per heavy atom. The zero-order chi connectivity index (χ0) is 22.4. The molecular formula is C25H18ClN5S2. The number of rotatable bonds is 4. The van der Waals surface area contributed by atoms with Gasteiger partial charge in [-0.05, 0) is 72.9 Å². The smallest absolute Gasteiger partial charge is 0.194 e. The van der Waals surface area contributed by atoms with Crippen molar-refractivity contribution in [2.24, 2.45) is 0 Å². The number of fused-ring (bicyclic) bond motifs is 1. The van der Waals surface area contributed by atoms with E-state index in [4.69, 9.17) is 28.8 Å². The van der Waals surface area contributed by atoms with Crippen LogP contribution in [-0.2, 0) is 0 Å². The summed E-state index contributed by atoms with van der Waals surface area (Å²) in [6.45, 7) is 0. The summed E-state index contributed by atoms with van der Waals surface area (Å²) in [6, 6.07) is 25.8. The number of anilines is 1. The number of benzene rings is 2. The van der Waals surface area contributed by atoms with Gasteiger partial charge < -0.3 is 10.2 Å². The van der Waals surface area contributed by atoms with Crippen LogP contribution in [-0.4, -0.2) is 19.6 Å². The minimum absolute atomic E-state index is 0.127. The van der Waals surface area contributed by atoms with Crippen LogP contribution in [0.25, 0.3) is 15.3 Å². The number of nitrogens with one attached hydrogen (secondary N) is 1. The Labute approximate surface area is 205 Å². The van der Waals surface area contributed by atoms with Crippen LogP contribution in [0, 0.1) is 0 Å². The molecule has 33 heavy (non-hydrogen) atoms. The summed E-state index contributed by atoms with van der Waals surface area (Å²) < 4.78 is 3.31. The molecular weight excluding hydrogens is 470 g/mol. The predicted molar refractivity (Wildman–Crippen MR) is 138 cm³/mol. The number of thiocarbonyl (C=S) groups is 1. The van der Waals surface area contributed by atoms with E-state index in [2.05, 4.69) is 44.2 Å². The van der Waals surface area contributed by atoms with E-state index >= 15 is 0 Å². The first-order valence-corrected chi connectivity index (χ1v) is 12.1. The summed E-state index contributed by atoms with van der Waals surface area (Å²) in [5.41, 5.74) is 3.97. The van der Waals surface area contributed by atoms with Crippen LogP contribution >= 0.6 is 35.2 Å². The maximum absolute atomic E-state index is 6.17. The summed E-state index contributed by atoms with van der Waals surface area (Å²) in [4.78, 5) is 11.7. The molecule has 0 bridgehead atoms. The van der Waals surface area contributed by atoms with Crippen LogP contribution < -0.4 is 10.2 Å². The number of halogens is 1. The Morgan fingerprint density at radius 1 is 0.939 bits per heavy atom. The van der Waals surface area contributed by atoms with Gasteiger partial charge in [0, 0.05) is 23.1 Å². The highest BCUT2D eigenvalue weighted by Gasteiger charge is 2.42. The molecule has 1 aliphatic heterocycles. The van der Waals surface area contributed by atoms with Crippen LogP contribution in [0.3, 0.4) is 0 Å². The van der Waals surface area contributed by atoms with E-state index in [9.17, 15) is 0 Å². The standard InChI is InChI=1S/C25H18ClN5S2/c26-16-10-12-17(13-11-16)31-23(22(29-24(31)32)19-7-3-4-14-27-19)20-8-5-15-30(20)25-28-18-6-1-2-9-21(18)33-25/h1-15,22-23H,(H,29,32). The third-order valence-corrected chi connectivity index (χ3v) is 7.38. The average Bonchev–Trinajstić information content (AvgIpc) is 3.56. The van der Waals surface area contributed by atoms with E-state index in [0.717, 1.165) is 32.4 Å². The monoisotopic (exact) mass is 487 g/mol. The molecule has 0 amide bonds. The van der Waals surface area contributed by atoms with Crippen molar-refractivity contribution in [2.45, 2.75) is 12.1 Å². The Morgan fingerprint density at radius 2 is 1.76 bits per heavy atom. The van der Waals surface area contributed by atoms with E-state index in [1.54, 1.807) is 11.3 Å². The zero-order valence-electron chi connectivity index (χ0n) is 17.3. The van der Waals surface area contributed by atoms with Gasteiger partial charge in [-0.25, -0.2) is 4.98 Å². The molecule has 0 radical (unpaired) electrons. The fourth-order valence-corrected chi connectivity index (χ4v) is 5.75. The van der Waals surface area contributed by atoms with E-state index < -0.39 is 0 Å². The fourth-order valence-electron chi connectivity index (χ4n) is 4.31. The first kappa shape index (κ1) is 20.4. The molecule has 1 aliphatic rings. The first-order valence-electron chi connectivity index (χ1n) is 10.5. The normalized spacial score (nSPS) is 18.1. The summed E-state index contributed by atoms with van der Waals surface area (Å²) in [6.07, 6.45) is 3.87. The molecule has 0 saturated carbocycles. The van der Waals surface area contributed by atoms with Gasteiger partial charge >= 0.3 is 0 Å². The van der Waals surface area contributed by atoms with Gasteiger partial charge in [-0.1, -0.05) is 41.1 Å². The fraction of sp³-hybridized carbons (Fsp3) is 0.0800. The minimum Gasteiger partial charge on any atom is -0.351 e. The van der Waals surface area contributed by atoms with E-state index in [1.165, 1.54) is 0 Å². The van der Waals surface area contributed by atoms with Crippen molar-refractivity contribution < 1.29 is 0 Å². The van der Waals surface area contributed by atoms with Gasteiger partial charge in [-0.15, -0.1) is 0 Å². The van der Waals surface area contributed by atoms with Gasteiger partial charge in [-0.3, -0.25) is 9.55 Å². The van der Waals surface area contributed by atoms with E-state index in [-0.39, 0.29) is 12.1 Å². The van der Waals surface area contributed by atoms with Gasteiger partial charge in [0.25, 0.3) is 0 Å². The lowest BCUT2D eigenvalue weighted by Crippen LogP contribution is -2.30. The first-order chi connectivity index (χ1) is 16.2. The molecule has 5 nitrogen and oxygen atoms in total. The number of aromatic nitrogens is 3. The molecule has 0 aliphatic carbocycles. The number of pyridine rings is 1. The number of thiazole rings is 1. The molecule has 0 spiro atoms. The van der Waals surface area contributed by atoms with Crippen molar-refractivity contribution in [3.63, 3.8) is 0 Å². The van der Waals surface area contributed by atoms with Crippen LogP contribution in [0.1, 0.15) is 23.5 Å². The van der Waals surface area contributed by atoms with Crippen molar-refractivity contribution in [2.75, 3.05) is 4.90 Å². The number of hydrogen-bond donors (Lipinski definition) is 1. The summed E-state index contributed by atoms with van der Waals surface area (Å²) in [5.74, 6) is 0. The molecule has 8 heteroatoms. The van der Waals surface area contributed by atoms with Gasteiger partial charge in [-0.2, -0.15) is 0 Å². The van der Waals surface area contributed by atoms with Gasteiger partial charge in [0.2, 0.25) is 0 Å². The highest BCUT2D eigenvalue weighted by molar-refractivity contribution is 7.80. The Kier molecular flexibility index (Phi) is 5.10. The Balaban J connectivity index is 1.51. The topological polar surface area (TPSA) is 46.0 Å². The number of nitrogens with zero attached hydrogens (tertiary/aromatic N) is 4. The maximum atomic E-state index is 6.17. The van der Waals surface area contributed by atoms with E-state index in [1.807, 2.05) is 66.9 Å². The van der Waals surface area contributed by atoms with Crippen molar-refractivity contribution in [3.8, 4) is 5.13 Å². The average molecular weight is 488 g/mol. The molecule has 2 atom stereocenters. The van der Waals surface area contributed by atoms with Crippen LogP contribution in [0.4, 0.5) is 5.69 Å². The second-order valence-electron chi connectivity index (χ2n) is 7.74. The number of hydrogen-bond acceptors (Lipinski definition) is 4. The molecule has 1 saturated heterocycles. The maximum Gasteiger partial charge on any atom is 0.194 e. The van der Waals surface area contributed by atoms with Crippen molar-refractivity contribution in [1.82, 2.24) is 19.9 Å². The van der Waals surface area contributed by atoms with E-state index in [0.29, 0.717) is 10.1 Å². The molecule has 2 unspecified atom stereocenters. The second kappa shape index (κ2) is 8.26. The highest BCUT2D eigenvalue weighted by atomic mass is 35.5. The second-order valence-corrected chi connectivity index (χ2v) is 9.57. The van der Waals surface area contributed by atoms with Crippen molar-refractivity contribution in [1.29, 1.82) is 0 Å². The van der Waals surface area contributed by atoms with Gasteiger partial charge in [0.1, 0.15) is 6.04 Å². The van der Waals surface area contributed by atoms with Crippen LogP contribution in [0.15, 0.2) is 91.3 Å². The largest absolute Gasteiger partial charge is 0.351 e. The molecule has 1 fully saturated rings. The lowest BCUT2D eigenvalue weighted by molar-refractivity contribution is 0.549. The summed E-state index contributed by atoms with van der Waals surface area (Å²) in [5, 5.41) is 5.77. The third kappa shape index (κ3) is 3.58. The highest BCUT2D eigenvalue weighted by Crippen LogP contribution is 2.42. The Bertz CT molecular complexity index is 1410. The summed E-state index contributed by atoms with van der Waals surface area (Å²) in [7, 11) is 0. The Hall–Kier alpha value is -3.26. The molecule has 2 aromatic carbocycles. The third-order valence-electron chi connectivity index (χ3n) is 5.77.